The molecule has 0 spiro atoms. The van der Waals surface area contributed by atoms with Crippen LogP contribution >= 0.6 is 0 Å². The van der Waals surface area contributed by atoms with Crippen LogP contribution < -0.4 is 10.6 Å². The van der Waals surface area contributed by atoms with Crippen molar-refractivity contribution >= 4 is 5.82 Å². The Morgan fingerprint density at radius 3 is 2.65 bits per heavy atom. The van der Waals surface area contributed by atoms with E-state index in [4.69, 9.17) is 10.7 Å². The van der Waals surface area contributed by atoms with Crippen LogP contribution in [0.1, 0.15) is 37.9 Å². The highest BCUT2D eigenvalue weighted by molar-refractivity contribution is 5.49. The minimum absolute atomic E-state index is 0.573. The van der Waals surface area contributed by atoms with Gasteiger partial charge in [-0.2, -0.15) is 0 Å². The number of rotatable bonds is 5. The van der Waals surface area contributed by atoms with Gasteiger partial charge in [-0.3, -0.25) is 0 Å². The Kier molecular flexibility index (Phi) is 3.67. The third-order valence-electron chi connectivity index (χ3n) is 3.14. The minimum Gasteiger partial charge on any atom is -0.353 e. The van der Waals surface area contributed by atoms with Crippen LogP contribution in [0.25, 0.3) is 0 Å². The summed E-state index contributed by atoms with van der Waals surface area (Å²) < 4.78 is 0. The van der Waals surface area contributed by atoms with Gasteiger partial charge in [0.1, 0.15) is 5.82 Å². The standard InChI is InChI=1S/C14H23N3/c1-10(2)9-17(13-6-7-13)14-12(8-15)5-4-11(3)16-14/h4-5,10,13H,6-9,15H2,1-3H3. The molecule has 1 aromatic rings. The molecular formula is C14H23N3. The second-order valence-corrected chi connectivity index (χ2v) is 5.42. The zero-order valence-electron chi connectivity index (χ0n) is 11.1. The zero-order chi connectivity index (χ0) is 12.4. The first-order chi connectivity index (χ1) is 8.11. The molecule has 0 bridgehead atoms. The largest absolute Gasteiger partial charge is 0.353 e. The van der Waals surface area contributed by atoms with Crippen molar-refractivity contribution in [3.8, 4) is 0 Å². The third-order valence-corrected chi connectivity index (χ3v) is 3.14. The number of aromatic nitrogens is 1. The Morgan fingerprint density at radius 2 is 2.12 bits per heavy atom. The molecule has 0 amide bonds. The first-order valence-electron chi connectivity index (χ1n) is 6.55. The van der Waals surface area contributed by atoms with Crippen molar-refractivity contribution < 1.29 is 0 Å². The lowest BCUT2D eigenvalue weighted by atomic mass is 10.1. The molecule has 0 atom stereocenters. The molecule has 1 fully saturated rings. The van der Waals surface area contributed by atoms with Gasteiger partial charge in [0, 0.05) is 30.4 Å². The Labute approximate surface area is 104 Å². The van der Waals surface area contributed by atoms with E-state index in [2.05, 4.69) is 24.8 Å². The Bertz CT molecular complexity index is 383. The van der Waals surface area contributed by atoms with Crippen molar-refractivity contribution in [2.75, 3.05) is 11.4 Å². The molecule has 1 saturated carbocycles. The van der Waals surface area contributed by atoms with Crippen molar-refractivity contribution in [3.05, 3.63) is 23.4 Å². The van der Waals surface area contributed by atoms with Crippen molar-refractivity contribution in [1.29, 1.82) is 0 Å². The summed E-state index contributed by atoms with van der Waals surface area (Å²) in [7, 11) is 0. The summed E-state index contributed by atoms with van der Waals surface area (Å²) in [6.45, 7) is 8.21. The summed E-state index contributed by atoms with van der Waals surface area (Å²) in [4.78, 5) is 7.16. The molecule has 0 saturated heterocycles. The van der Waals surface area contributed by atoms with Gasteiger partial charge in [-0.25, -0.2) is 4.98 Å². The first kappa shape index (κ1) is 12.4. The van der Waals surface area contributed by atoms with E-state index in [-0.39, 0.29) is 0 Å². The highest BCUT2D eigenvalue weighted by atomic mass is 15.2. The van der Waals surface area contributed by atoms with E-state index >= 15 is 0 Å². The van der Waals surface area contributed by atoms with Gasteiger partial charge in [-0.05, 0) is 31.7 Å². The maximum atomic E-state index is 5.82. The van der Waals surface area contributed by atoms with Crippen LogP contribution in [0.4, 0.5) is 5.82 Å². The van der Waals surface area contributed by atoms with Gasteiger partial charge in [-0.1, -0.05) is 19.9 Å². The Morgan fingerprint density at radius 1 is 1.41 bits per heavy atom. The van der Waals surface area contributed by atoms with Gasteiger partial charge in [0.15, 0.2) is 0 Å². The summed E-state index contributed by atoms with van der Waals surface area (Å²) in [5.41, 5.74) is 8.07. The van der Waals surface area contributed by atoms with E-state index in [1.54, 1.807) is 0 Å². The normalized spacial score (nSPS) is 15.4. The van der Waals surface area contributed by atoms with Crippen LogP contribution in [0.2, 0.25) is 0 Å². The highest BCUT2D eigenvalue weighted by Gasteiger charge is 2.31. The fraction of sp³-hybridized carbons (Fsp3) is 0.643. The van der Waals surface area contributed by atoms with Crippen LogP contribution in [-0.2, 0) is 6.54 Å². The molecule has 0 aromatic carbocycles. The zero-order valence-corrected chi connectivity index (χ0v) is 11.1. The molecule has 1 aromatic heterocycles. The fourth-order valence-electron chi connectivity index (χ4n) is 2.17. The van der Waals surface area contributed by atoms with Crippen LogP contribution in [-0.4, -0.2) is 17.6 Å². The van der Waals surface area contributed by atoms with Crippen LogP contribution in [0, 0.1) is 12.8 Å². The average molecular weight is 233 g/mol. The molecule has 2 rings (SSSR count). The molecule has 0 aliphatic heterocycles. The van der Waals surface area contributed by atoms with Crippen LogP contribution in [0.3, 0.4) is 0 Å². The summed E-state index contributed by atoms with van der Waals surface area (Å²) in [5, 5.41) is 0. The SMILES string of the molecule is Cc1ccc(CN)c(N(CC(C)C)C2CC2)n1. The van der Waals surface area contributed by atoms with Gasteiger partial charge in [-0.15, -0.1) is 0 Å². The van der Waals surface area contributed by atoms with Crippen molar-refractivity contribution in [2.45, 2.75) is 46.2 Å². The fourth-order valence-corrected chi connectivity index (χ4v) is 2.17. The van der Waals surface area contributed by atoms with E-state index in [1.165, 1.54) is 18.4 Å². The van der Waals surface area contributed by atoms with E-state index in [1.807, 2.05) is 13.0 Å². The summed E-state index contributed by atoms with van der Waals surface area (Å²) >= 11 is 0. The van der Waals surface area contributed by atoms with Crippen LogP contribution in [0.5, 0.6) is 0 Å². The number of aryl methyl sites for hydroxylation is 1. The molecule has 1 heterocycles. The maximum absolute atomic E-state index is 5.82. The predicted octanol–water partition coefficient (Wildman–Crippen LogP) is 2.47. The van der Waals surface area contributed by atoms with Crippen molar-refractivity contribution in [3.63, 3.8) is 0 Å². The molecule has 94 valence electrons. The number of nitrogens with two attached hydrogens (primary N) is 1. The molecule has 3 nitrogen and oxygen atoms in total. The minimum atomic E-state index is 0.573. The number of anilines is 1. The monoisotopic (exact) mass is 233 g/mol. The average Bonchev–Trinajstić information content (AvgIpc) is 3.09. The van der Waals surface area contributed by atoms with E-state index in [0.29, 0.717) is 18.5 Å². The molecule has 17 heavy (non-hydrogen) atoms. The quantitative estimate of drug-likeness (QED) is 0.849. The second-order valence-electron chi connectivity index (χ2n) is 5.42. The number of hydrogen-bond donors (Lipinski definition) is 1. The highest BCUT2D eigenvalue weighted by Crippen LogP contribution is 2.33. The third kappa shape index (κ3) is 2.97. The lowest BCUT2D eigenvalue weighted by Gasteiger charge is -2.27. The van der Waals surface area contributed by atoms with Crippen molar-refractivity contribution in [1.82, 2.24) is 4.98 Å². The van der Waals surface area contributed by atoms with E-state index < -0.39 is 0 Å². The van der Waals surface area contributed by atoms with Gasteiger partial charge < -0.3 is 10.6 Å². The maximum Gasteiger partial charge on any atom is 0.133 e. The summed E-state index contributed by atoms with van der Waals surface area (Å²) in [6.07, 6.45) is 2.60. The molecular weight excluding hydrogens is 210 g/mol. The number of nitrogens with zero attached hydrogens (tertiary/aromatic N) is 2. The van der Waals surface area contributed by atoms with E-state index in [9.17, 15) is 0 Å². The molecule has 3 heteroatoms. The number of pyridine rings is 1. The second kappa shape index (κ2) is 5.05. The van der Waals surface area contributed by atoms with Gasteiger partial charge in [0.25, 0.3) is 0 Å². The Balaban J connectivity index is 2.30. The number of hydrogen-bond acceptors (Lipinski definition) is 3. The van der Waals surface area contributed by atoms with Crippen molar-refractivity contribution in [2.24, 2.45) is 11.7 Å². The van der Waals surface area contributed by atoms with E-state index in [0.717, 1.165) is 18.1 Å². The summed E-state index contributed by atoms with van der Waals surface area (Å²) in [6, 6.07) is 4.86. The molecule has 1 aliphatic rings. The molecule has 0 radical (unpaired) electrons. The first-order valence-corrected chi connectivity index (χ1v) is 6.55. The van der Waals surface area contributed by atoms with Gasteiger partial charge in [0.05, 0.1) is 0 Å². The Hall–Kier alpha value is -1.09. The lowest BCUT2D eigenvalue weighted by molar-refractivity contribution is 0.600. The molecule has 1 aliphatic carbocycles. The lowest BCUT2D eigenvalue weighted by Crippen LogP contribution is -2.32. The predicted molar refractivity (Wildman–Crippen MR) is 72.1 cm³/mol. The van der Waals surface area contributed by atoms with Crippen LogP contribution in [0.15, 0.2) is 12.1 Å². The van der Waals surface area contributed by atoms with Gasteiger partial charge in [0.2, 0.25) is 0 Å². The van der Waals surface area contributed by atoms with Gasteiger partial charge >= 0.3 is 0 Å². The topological polar surface area (TPSA) is 42.1 Å². The summed E-state index contributed by atoms with van der Waals surface area (Å²) in [5.74, 6) is 1.77. The smallest absolute Gasteiger partial charge is 0.133 e. The molecule has 0 unspecified atom stereocenters. The molecule has 2 N–H and O–H groups in total.